The van der Waals surface area contributed by atoms with Crippen LogP contribution in [0.2, 0.25) is 0 Å². The van der Waals surface area contributed by atoms with Crippen LogP contribution in [0, 0.1) is 11.6 Å². The average molecular weight is 453 g/mol. The Labute approximate surface area is 193 Å². The third-order valence-corrected chi connectivity index (χ3v) is 5.26. The van der Waals surface area contributed by atoms with Gasteiger partial charge in [-0.05, 0) is 24.1 Å². The Bertz CT molecular complexity index is 1110. The summed E-state index contributed by atoms with van der Waals surface area (Å²) in [6.07, 6.45) is 8.19. The molecule has 0 radical (unpaired) electrons. The van der Waals surface area contributed by atoms with Crippen LogP contribution in [0.15, 0.2) is 54.7 Å². The van der Waals surface area contributed by atoms with E-state index in [-0.39, 0.29) is 18.1 Å². The predicted molar refractivity (Wildman–Crippen MR) is 128 cm³/mol. The Morgan fingerprint density at radius 1 is 1.15 bits per heavy atom. The number of benzene rings is 1. The molecule has 33 heavy (non-hydrogen) atoms. The number of halogens is 2. The number of unbranched alkanes of at least 4 members (excludes halogenated alkanes) is 2. The lowest BCUT2D eigenvalue weighted by Gasteiger charge is -2.20. The van der Waals surface area contributed by atoms with Gasteiger partial charge in [0.05, 0.1) is 24.0 Å². The maximum absolute atomic E-state index is 13.5. The molecule has 1 aromatic carbocycles. The quantitative estimate of drug-likeness (QED) is 0.419. The Morgan fingerprint density at radius 2 is 1.91 bits per heavy atom. The van der Waals surface area contributed by atoms with E-state index in [0.29, 0.717) is 12.1 Å². The molecule has 174 valence electrons. The third-order valence-electron chi connectivity index (χ3n) is 5.26. The van der Waals surface area contributed by atoms with Crippen molar-refractivity contribution in [3.8, 4) is 0 Å². The SMILES string of the molecule is CCCC/C=C/c1cc(C(=O)NCc2cc(F)c(F)cn2)c(N(C)C)n1Cc1ccccc1. The van der Waals surface area contributed by atoms with Crippen LogP contribution in [0.4, 0.5) is 14.6 Å². The van der Waals surface area contributed by atoms with Gasteiger partial charge in [0.2, 0.25) is 0 Å². The minimum absolute atomic E-state index is 0.00552. The Morgan fingerprint density at radius 3 is 2.58 bits per heavy atom. The predicted octanol–water partition coefficient (Wildman–Crippen LogP) is 5.41. The van der Waals surface area contributed by atoms with Crippen LogP contribution in [0.25, 0.3) is 6.08 Å². The molecule has 0 fully saturated rings. The van der Waals surface area contributed by atoms with Gasteiger partial charge >= 0.3 is 0 Å². The number of aromatic nitrogens is 2. The molecular formula is C26H30F2N4O. The molecule has 1 N–H and O–H groups in total. The lowest BCUT2D eigenvalue weighted by molar-refractivity contribution is 0.0951. The van der Waals surface area contributed by atoms with E-state index < -0.39 is 11.6 Å². The van der Waals surface area contributed by atoms with Crippen LogP contribution in [-0.4, -0.2) is 29.6 Å². The number of carbonyl (C=O) groups excluding carboxylic acids is 1. The molecule has 2 heterocycles. The molecule has 0 atom stereocenters. The topological polar surface area (TPSA) is 50.2 Å². The average Bonchev–Trinajstić information content (AvgIpc) is 3.16. The van der Waals surface area contributed by atoms with E-state index in [0.717, 1.165) is 48.6 Å². The number of hydrogen-bond donors (Lipinski definition) is 1. The smallest absolute Gasteiger partial charge is 0.255 e. The summed E-state index contributed by atoms with van der Waals surface area (Å²) in [5, 5.41) is 2.78. The monoisotopic (exact) mass is 452 g/mol. The summed E-state index contributed by atoms with van der Waals surface area (Å²) in [7, 11) is 3.80. The highest BCUT2D eigenvalue weighted by atomic mass is 19.2. The lowest BCUT2D eigenvalue weighted by Crippen LogP contribution is -2.26. The van der Waals surface area contributed by atoms with Crippen LogP contribution in [0.5, 0.6) is 0 Å². The summed E-state index contributed by atoms with van der Waals surface area (Å²) < 4.78 is 28.7. The van der Waals surface area contributed by atoms with Gasteiger partial charge in [-0.1, -0.05) is 56.2 Å². The molecule has 3 rings (SSSR count). The minimum atomic E-state index is -1.02. The molecule has 1 amide bonds. The molecule has 0 bridgehead atoms. The Kier molecular flexibility index (Phi) is 8.35. The number of allylic oxidation sites excluding steroid dienone is 1. The first-order valence-corrected chi connectivity index (χ1v) is 11.1. The molecule has 5 nitrogen and oxygen atoms in total. The van der Waals surface area contributed by atoms with E-state index in [1.165, 1.54) is 0 Å². The molecule has 7 heteroatoms. The highest BCUT2D eigenvalue weighted by Crippen LogP contribution is 2.27. The van der Waals surface area contributed by atoms with Crippen LogP contribution < -0.4 is 10.2 Å². The van der Waals surface area contributed by atoms with Crippen molar-refractivity contribution in [1.82, 2.24) is 14.9 Å². The van der Waals surface area contributed by atoms with Crippen LogP contribution in [-0.2, 0) is 13.1 Å². The summed E-state index contributed by atoms with van der Waals surface area (Å²) in [5.74, 6) is -1.54. The second kappa shape index (κ2) is 11.4. The van der Waals surface area contributed by atoms with Crippen molar-refractivity contribution >= 4 is 17.8 Å². The molecule has 2 aromatic heterocycles. The Balaban J connectivity index is 1.92. The fourth-order valence-corrected chi connectivity index (χ4v) is 3.62. The van der Waals surface area contributed by atoms with Crippen LogP contribution in [0.3, 0.4) is 0 Å². The first-order valence-electron chi connectivity index (χ1n) is 11.1. The minimum Gasteiger partial charge on any atom is -0.363 e. The molecular weight excluding hydrogens is 422 g/mol. The van der Waals surface area contributed by atoms with E-state index in [1.807, 2.05) is 43.3 Å². The van der Waals surface area contributed by atoms with Gasteiger partial charge in [0, 0.05) is 32.4 Å². The van der Waals surface area contributed by atoms with Crippen molar-refractivity contribution < 1.29 is 13.6 Å². The zero-order chi connectivity index (χ0) is 23.8. The fraction of sp³-hybridized carbons (Fsp3) is 0.308. The second-order valence-electron chi connectivity index (χ2n) is 8.09. The normalized spacial score (nSPS) is 11.2. The summed E-state index contributed by atoms with van der Waals surface area (Å²) in [6.45, 7) is 2.76. The van der Waals surface area contributed by atoms with Crippen LogP contribution in [0.1, 0.15) is 53.5 Å². The molecule has 0 aliphatic rings. The van der Waals surface area contributed by atoms with E-state index in [1.54, 1.807) is 0 Å². The zero-order valence-corrected chi connectivity index (χ0v) is 19.3. The van der Waals surface area contributed by atoms with E-state index >= 15 is 0 Å². The second-order valence-corrected chi connectivity index (χ2v) is 8.09. The summed E-state index contributed by atoms with van der Waals surface area (Å²) in [4.78, 5) is 18.9. The number of nitrogens with zero attached hydrogens (tertiary/aromatic N) is 3. The van der Waals surface area contributed by atoms with Gasteiger partial charge in [0.15, 0.2) is 11.6 Å². The van der Waals surface area contributed by atoms with Crippen molar-refractivity contribution in [2.75, 3.05) is 19.0 Å². The largest absolute Gasteiger partial charge is 0.363 e. The van der Waals surface area contributed by atoms with Gasteiger partial charge in [0.1, 0.15) is 5.82 Å². The summed E-state index contributed by atoms with van der Waals surface area (Å²) >= 11 is 0. The van der Waals surface area contributed by atoms with Crippen molar-refractivity contribution in [3.05, 3.63) is 88.9 Å². The van der Waals surface area contributed by atoms with Gasteiger partial charge < -0.3 is 14.8 Å². The van der Waals surface area contributed by atoms with E-state index in [2.05, 4.69) is 46.1 Å². The fourth-order valence-electron chi connectivity index (χ4n) is 3.62. The molecule has 0 saturated carbocycles. The van der Waals surface area contributed by atoms with Crippen molar-refractivity contribution in [2.24, 2.45) is 0 Å². The van der Waals surface area contributed by atoms with Crippen molar-refractivity contribution in [3.63, 3.8) is 0 Å². The third kappa shape index (κ3) is 6.28. The summed E-state index contributed by atoms with van der Waals surface area (Å²) in [5.41, 5.74) is 2.80. The van der Waals surface area contributed by atoms with E-state index in [4.69, 9.17) is 0 Å². The van der Waals surface area contributed by atoms with Crippen molar-refractivity contribution in [1.29, 1.82) is 0 Å². The number of pyridine rings is 1. The van der Waals surface area contributed by atoms with E-state index in [9.17, 15) is 13.6 Å². The van der Waals surface area contributed by atoms with Crippen molar-refractivity contribution in [2.45, 2.75) is 39.3 Å². The highest BCUT2D eigenvalue weighted by Gasteiger charge is 2.21. The van der Waals surface area contributed by atoms with Gasteiger partial charge in [0.25, 0.3) is 5.91 Å². The van der Waals surface area contributed by atoms with Gasteiger partial charge in [-0.15, -0.1) is 0 Å². The van der Waals surface area contributed by atoms with Gasteiger partial charge in [-0.25, -0.2) is 8.78 Å². The molecule has 0 aliphatic heterocycles. The molecule has 0 spiro atoms. The summed E-state index contributed by atoms with van der Waals surface area (Å²) in [6, 6.07) is 12.9. The maximum Gasteiger partial charge on any atom is 0.255 e. The molecule has 0 unspecified atom stereocenters. The zero-order valence-electron chi connectivity index (χ0n) is 19.3. The first kappa shape index (κ1) is 24.2. The molecule has 0 aliphatic carbocycles. The number of carbonyl (C=O) groups is 1. The lowest BCUT2D eigenvalue weighted by atomic mass is 10.2. The molecule has 3 aromatic rings. The maximum atomic E-state index is 13.5. The number of anilines is 1. The van der Waals surface area contributed by atoms with Gasteiger partial charge in [-0.3, -0.25) is 9.78 Å². The van der Waals surface area contributed by atoms with Crippen LogP contribution >= 0.6 is 0 Å². The Hall–Kier alpha value is -3.48. The number of nitrogens with one attached hydrogen (secondary N) is 1. The first-order chi connectivity index (χ1) is 15.9. The highest BCUT2D eigenvalue weighted by molar-refractivity contribution is 6.00. The molecule has 0 saturated heterocycles. The van der Waals surface area contributed by atoms with Gasteiger partial charge in [-0.2, -0.15) is 0 Å². The number of amides is 1. The number of hydrogen-bond acceptors (Lipinski definition) is 3. The standard InChI is InChI=1S/C26H30F2N4O/c1-4-5-6-10-13-21-15-22(25(33)30-16-20-14-23(27)24(28)17-29-20)26(31(2)3)32(21)18-19-11-8-7-9-12-19/h7-15,17H,4-6,16,18H2,1-3H3,(H,30,33)/b13-10+. The number of rotatable bonds is 10.